The highest BCUT2D eigenvalue weighted by Crippen LogP contribution is 2.33. The molecule has 3 N–H and O–H groups in total. The number of alkyl halides is 1. The lowest BCUT2D eigenvalue weighted by Gasteiger charge is -2.16. The van der Waals surface area contributed by atoms with Crippen LogP contribution in [0, 0.1) is 0 Å². The van der Waals surface area contributed by atoms with Crippen molar-refractivity contribution in [2.75, 3.05) is 28.9 Å². The Bertz CT molecular complexity index is 1300. The number of halogens is 2. The molecule has 3 rings (SSSR count). The molecule has 0 aliphatic carbocycles. The maximum atomic E-state index is 12.8. The molecule has 1 aromatic heterocycles. The first kappa shape index (κ1) is 25.5. The minimum atomic E-state index is -3.54. The fraction of sp³-hybridized carbons (Fsp3) is 0.227. The zero-order valence-electron chi connectivity index (χ0n) is 18.6. The van der Waals surface area contributed by atoms with Crippen molar-refractivity contribution in [1.29, 1.82) is 0 Å². The number of para-hydroxylation sites is 1. The SMILES string of the molecule is COc1cc(NC(=O)CCl)ccc1Nc1ncc(Cl)c(Nc2ccccc2S(=O)(=O)C(C)C)n1. The maximum absolute atomic E-state index is 12.8. The minimum absolute atomic E-state index is 0.144. The average molecular weight is 524 g/mol. The van der Waals surface area contributed by atoms with Crippen LogP contribution in [0.1, 0.15) is 13.8 Å². The van der Waals surface area contributed by atoms with Crippen LogP contribution in [-0.2, 0) is 14.6 Å². The summed E-state index contributed by atoms with van der Waals surface area (Å²) in [5.41, 5.74) is 1.39. The van der Waals surface area contributed by atoms with E-state index in [1.165, 1.54) is 19.4 Å². The van der Waals surface area contributed by atoms with Gasteiger partial charge in [0.2, 0.25) is 11.9 Å². The summed E-state index contributed by atoms with van der Waals surface area (Å²) < 4.78 is 30.9. The molecule has 0 atom stereocenters. The number of ether oxygens (including phenoxy) is 1. The molecule has 1 amide bonds. The molecule has 0 radical (unpaired) electrons. The third kappa shape index (κ3) is 5.88. The van der Waals surface area contributed by atoms with Crippen LogP contribution in [0.3, 0.4) is 0 Å². The van der Waals surface area contributed by atoms with E-state index in [1.807, 2.05) is 0 Å². The topological polar surface area (TPSA) is 122 Å². The predicted octanol–water partition coefficient (Wildman–Crippen LogP) is 4.99. The van der Waals surface area contributed by atoms with Crippen molar-refractivity contribution in [3.05, 3.63) is 53.7 Å². The van der Waals surface area contributed by atoms with Crippen molar-refractivity contribution < 1.29 is 17.9 Å². The summed E-state index contributed by atoms with van der Waals surface area (Å²) in [5, 5.41) is 8.28. The van der Waals surface area contributed by atoms with Gasteiger partial charge in [0, 0.05) is 11.8 Å². The molecule has 0 saturated heterocycles. The van der Waals surface area contributed by atoms with E-state index in [9.17, 15) is 13.2 Å². The quantitative estimate of drug-likeness (QED) is 0.335. The summed E-state index contributed by atoms with van der Waals surface area (Å²) in [7, 11) is -2.06. The molecular weight excluding hydrogens is 501 g/mol. The molecule has 2 aromatic carbocycles. The smallest absolute Gasteiger partial charge is 0.239 e. The summed E-state index contributed by atoms with van der Waals surface area (Å²) >= 11 is 11.8. The van der Waals surface area contributed by atoms with Gasteiger partial charge in [-0.2, -0.15) is 4.98 Å². The van der Waals surface area contributed by atoms with Gasteiger partial charge in [0.15, 0.2) is 15.7 Å². The Morgan fingerprint density at radius 1 is 1.12 bits per heavy atom. The summed E-state index contributed by atoms with van der Waals surface area (Å²) in [5.74, 6) is 0.315. The Morgan fingerprint density at radius 3 is 2.53 bits per heavy atom. The van der Waals surface area contributed by atoms with Crippen LogP contribution in [-0.4, -0.2) is 42.5 Å². The van der Waals surface area contributed by atoms with Crippen molar-refractivity contribution in [3.63, 3.8) is 0 Å². The fourth-order valence-corrected chi connectivity index (χ4v) is 4.31. The van der Waals surface area contributed by atoms with E-state index < -0.39 is 15.1 Å². The molecule has 0 bridgehead atoms. The zero-order valence-corrected chi connectivity index (χ0v) is 20.9. The molecule has 9 nitrogen and oxygen atoms in total. The van der Waals surface area contributed by atoms with Gasteiger partial charge in [0.1, 0.15) is 16.7 Å². The maximum Gasteiger partial charge on any atom is 0.239 e. The predicted molar refractivity (Wildman–Crippen MR) is 135 cm³/mol. The van der Waals surface area contributed by atoms with E-state index in [-0.39, 0.29) is 33.5 Å². The van der Waals surface area contributed by atoms with Gasteiger partial charge in [0.05, 0.1) is 34.8 Å². The number of nitrogens with zero attached hydrogens (tertiary/aromatic N) is 2. The summed E-state index contributed by atoms with van der Waals surface area (Å²) in [6, 6.07) is 11.5. The van der Waals surface area contributed by atoms with Crippen molar-refractivity contribution in [2.45, 2.75) is 24.0 Å². The number of aromatic nitrogens is 2. The number of amides is 1. The minimum Gasteiger partial charge on any atom is -0.494 e. The molecule has 1 heterocycles. The number of sulfone groups is 1. The Labute approximate surface area is 207 Å². The van der Waals surface area contributed by atoms with E-state index in [0.717, 1.165) is 0 Å². The molecule has 0 aliphatic rings. The number of anilines is 5. The number of hydrogen-bond donors (Lipinski definition) is 3. The number of hydrogen-bond acceptors (Lipinski definition) is 8. The van der Waals surface area contributed by atoms with Gasteiger partial charge in [-0.25, -0.2) is 13.4 Å². The largest absolute Gasteiger partial charge is 0.494 e. The van der Waals surface area contributed by atoms with Crippen molar-refractivity contribution >= 4 is 67.8 Å². The number of methoxy groups -OCH3 is 1. The number of benzene rings is 2. The van der Waals surface area contributed by atoms with Gasteiger partial charge in [-0.05, 0) is 38.1 Å². The Morgan fingerprint density at radius 2 is 1.85 bits per heavy atom. The van der Waals surface area contributed by atoms with Gasteiger partial charge in [0.25, 0.3) is 0 Å². The lowest BCUT2D eigenvalue weighted by atomic mass is 10.2. The first-order valence-corrected chi connectivity index (χ1v) is 12.5. The highest BCUT2D eigenvalue weighted by atomic mass is 35.5. The van der Waals surface area contributed by atoms with Gasteiger partial charge < -0.3 is 20.7 Å². The van der Waals surface area contributed by atoms with E-state index in [0.29, 0.717) is 22.8 Å². The van der Waals surface area contributed by atoms with Crippen LogP contribution in [0.25, 0.3) is 0 Å². The first-order valence-electron chi connectivity index (χ1n) is 10.1. The molecule has 12 heteroatoms. The van der Waals surface area contributed by atoms with Gasteiger partial charge in [-0.15, -0.1) is 11.6 Å². The molecule has 0 aliphatic heterocycles. The molecule has 0 fully saturated rings. The second-order valence-electron chi connectivity index (χ2n) is 7.33. The van der Waals surface area contributed by atoms with Crippen LogP contribution in [0.4, 0.5) is 28.8 Å². The second-order valence-corrected chi connectivity index (χ2v) is 10.5. The summed E-state index contributed by atoms with van der Waals surface area (Å²) in [6.07, 6.45) is 1.39. The molecule has 0 unspecified atom stereocenters. The van der Waals surface area contributed by atoms with E-state index >= 15 is 0 Å². The van der Waals surface area contributed by atoms with Crippen LogP contribution in [0.15, 0.2) is 53.6 Å². The lowest BCUT2D eigenvalue weighted by Crippen LogP contribution is -2.15. The summed E-state index contributed by atoms with van der Waals surface area (Å²) in [4.78, 5) is 20.2. The molecule has 3 aromatic rings. The molecule has 0 spiro atoms. The zero-order chi connectivity index (χ0) is 24.9. The first-order chi connectivity index (χ1) is 16.1. The number of rotatable bonds is 9. The monoisotopic (exact) mass is 523 g/mol. The average Bonchev–Trinajstić information content (AvgIpc) is 2.82. The number of carbonyl (C=O) groups is 1. The van der Waals surface area contributed by atoms with Crippen LogP contribution < -0.4 is 20.7 Å². The fourth-order valence-electron chi connectivity index (χ4n) is 2.90. The standard InChI is InChI=1S/C22H23Cl2N5O4S/c1-13(2)34(31,32)19-7-5-4-6-17(19)27-21-15(24)12-25-22(29-21)28-16-9-8-14(10-18(16)33-3)26-20(30)11-23/h4-10,12-13H,11H2,1-3H3,(H,26,30)(H2,25,27,28,29). The van der Waals surface area contributed by atoms with Crippen molar-refractivity contribution in [3.8, 4) is 5.75 Å². The van der Waals surface area contributed by atoms with E-state index in [1.54, 1.807) is 50.2 Å². The molecular formula is C22H23Cl2N5O4S. The molecule has 0 saturated carbocycles. The second kappa shape index (κ2) is 10.9. The Hall–Kier alpha value is -3.08. The van der Waals surface area contributed by atoms with Gasteiger partial charge in [-0.3, -0.25) is 4.79 Å². The molecule has 180 valence electrons. The van der Waals surface area contributed by atoms with Crippen molar-refractivity contribution in [2.24, 2.45) is 0 Å². The van der Waals surface area contributed by atoms with Crippen LogP contribution in [0.5, 0.6) is 5.75 Å². The third-order valence-corrected chi connectivity index (χ3v) is 7.39. The third-order valence-electron chi connectivity index (χ3n) is 4.66. The van der Waals surface area contributed by atoms with Crippen LogP contribution >= 0.6 is 23.2 Å². The lowest BCUT2D eigenvalue weighted by molar-refractivity contribution is -0.113. The van der Waals surface area contributed by atoms with E-state index in [4.69, 9.17) is 27.9 Å². The highest BCUT2D eigenvalue weighted by Gasteiger charge is 2.23. The highest BCUT2D eigenvalue weighted by molar-refractivity contribution is 7.92. The summed E-state index contributed by atoms with van der Waals surface area (Å²) in [6.45, 7) is 3.23. The Kier molecular flexibility index (Phi) is 8.19. The van der Waals surface area contributed by atoms with Crippen molar-refractivity contribution in [1.82, 2.24) is 9.97 Å². The number of nitrogens with one attached hydrogen (secondary N) is 3. The molecule has 34 heavy (non-hydrogen) atoms. The number of carbonyl (C=O) groups excluding carboxylic acids is 1. The Balaban J connectivity index is 1.90. The van der Waals surface area contributed by atoms with Gasteiger partial charge in [-0.1, -0.05) is 23.7 Å². The van der Waals surface area contributed by atoms with E-state index in [2.05, 4.69) is 25.9 Å². The normalized spacial score (nSPS) is 11.2. The van der Waals surface area contributed by atoms with Gasteiger partial charge >= 0.3 is 0 Å². The van der Waals surface area contributed by atoms with Crippen LogP contribution in [0.2, 0.25) is 5.02 Å².